The number of nitrogens with zero attached hydrogens (tertiary/aromatic N) is 4. The van der Waals surface area contributed by atoms with Gasteiger partial charge in [0.05, 0.1) is 12.9 Å². The molecule has 116 valence electrons. The Morgan fingerprint density at radius 1 is 1.50 bits per heavy atom. The lowest BCUT2D eigenvalue weighted by atomic mass is 9.89. The van der Waals surface area contributed by atoms with Crippen molar-refractivity contribution in [2.24, 2.45) is 5.92 Å². The topological polar surface area (TPSA) is 119 Å². The summed E-state index contributed by atoms with van der Waals surface area (Å²) < 4.78 is 7.51. The van der Waals surface area contributed by atoms with E-state index in [2.05, 4.69) is 20.9 Å². The first-order valence-corrected chi connectivity index (χ1v) is 6.95. The lowest BCUT2D eigenvalue weighted by Crippen LogP contribution is -2.43. The molecule has 3 heterocycles. The number of imidazole rings is 1. The number of hydrogen-bond donors (Lipinski definition) is 3. The molecular formula is C14H17N5O3. The second-order valence-electron chi connectivity index (χ2n) is 5.30. The molecule has 4 atom stereocenters. The van der Waals surface area contributed by atoms with Crippen LogP contribution in [0.15, 0.2) is 12.7 Å². The average molecular weight is 303 g/mol. The minimum Gasteiger partial charge on any atom is -0.392 e. The number of nitrogen functional groups attached to an aromatic ring is 1. The molecule has 22 heavy (non-hydrogen) atoms. The molecule has 0 aliphatic carbocycles. The first-order chi connectivity index (χ1) is 10.6. The Bertz CT molecular complexity index is 740. The molecule has 2 aromatic rings. The Hall–Kier alpha value is -2.21. The second kappa shape index (κ2) is 5.21. The summed E-state index contributed by atoms with van der Waals surface area (Å²) >= 11 is 0. The van der Waals surface area contributed by atoms with Gasteiger partial charge in [0.15, 0.2) is 17.1 Å². The number of rotatable bonds is 3. The summed E-state index contributed by atoms with van der Waals surface area (Å²) in [6.07, 6.45) is 7.36. The molecule has 0 amide bonds. The highest BCUT2D eigenvalue weighted by Gasteiger charge is 2.53. The van der Waals surface area contributed by atoms with Crippen LogP contribution in [0.3, 0.4) is 0 Å². The highest BCUT2D eigenvalue weighted by atomic mass is 16.6. The standard InChI is InChI=1S/C14H17N5O3/c1-3-8-10(21)14(4-2,5-20)22-13(8)19-7-18-9-11(15)16-6-17-12(9)19/h2,6-8,10,13,20-21H,3,5H2,1H3,(H2,15,16,17)/t8-,10-,13-,14+/m0/s1. The maximum Gasteiger partial charge on any atom is 0.179 e. The van der Waals surface area contributed by atoms with Gasteiger partial charge in [0.1, 0.15) is 24.2 Å². The van der Waals surface area contributed by atoms with E-state index in [1.54, 1.807) is 4.57 Å². The maximum atomic E-state index is 10.5. The quantitative estimate of drug-likeness (QED) is 0.665. The zero-order valence-corrected chi connectivity index (χ0v) is 12.0. The van der Waals surface area contributed by atoms with Crippen molar-refractivity contribution in [1.29, 1.82) is 0 Å². The molecule has 0 radical (unpaired) electrons. The third kappa shape index (κ3) is 1.87. The normalized spacial score (nSPS) is 31.5. The van der Waals surface area contributed by atoms with Gasteiger partial charge in [-0.2, -0.15) is 0 Å². The zero-order valence-electron chi connectivity index (χ0n) is 12.0. The molecule has 1 aliphatic heterocycles. The number of ether oxygens (including phenoxy) is 1. The fourth-order valence-electron chi connectivity index (χ4n) is 2.91. The molecule has 0 bridgehead atoms. The van der Waals surface area contributed by atoms with E-state index in [1.165, 1.54) is 12.7 Å². The molecule has 0 unspecified atom stereocenters. The van der Waals surface area contributed by atoms with Gasteiger partial charge < -0.3 is 20.7 Å². The summed E-state index contributed by atoms with van der Waals surface area (Å²) in [4.78, 5) is 12.3. The number of aromatic nitrogens is 4. The number of aliphatic hydroxyl groups is 2. The fraction of sp³-hybridized carbons (Fsp3) is 0.500. The van der Waals surface area contributed by atoms with Gasteiger partial charge in [-0.3, -0.25) is 4.57 Å². The van der Waals surface area contributed by atoms with Gasteiger partial charge in [-0.25, -0.2) is 15.0 Å². The molecular weight excluding hydrogens is 286 g/mol. The molecule has 0 aromatic carbocycles. The summed E-state index contributed by atoms with van der Waals surface area (Å²) in [5.74, 6) is 2.34. The predicted octanol–water partition coefficient (Wildman–Crippen LogP) is -0.311. The molecule has 0 saturated carbocycles. The average Bonchev–Trinajstić information content (AvgIpc) is 3.07. The highest BCUT2D eigenvalue weighted by Crippen LogP contribution is 2.43. The van der Waals surface area contributed by atoms with E-state index in [0.29, 0.717) is 17.6 Å². The molecule has 1 aliphatic rings. The van der Waals surface area contributed by atoms with Crippen molar-refractivity contribution in [1.82, 2.24) is 19.5 Å². The SMILES string of the molecule is C#C[C@]1(CO)O[C@H](n2cnc3c(N)ncnc32)[C@@H](CC)[C@@H]1O. The monoisotopic (exact) mass is 303 g/mol. The largest absolute Gasteiger partial charge is 0.392 e. The first kappa shape index (κ1) is 14.7. The van der Waals surface area contributed by atoms with Crippen LogP contribution in [0.4, 0.5) is 5.82 Å². The molecule has 2 aromatic heterocycles. The molecule has 1 fully saturated rings. The van der Waals surface area contributed by atoms with E-state index < -0.39 is 24.5 Å². The minimum absolute atomic E-state index is 0.265. The Balaban J connectivity index is 2.10. The number of aliphatic hydroxyl groups excluding tert-OH is 2. The smallest absolute Gasteiger partial charge is 0.179 e. The first-order valence-electron chi connectivity index (χ1n) is 6.95. The second-order valence-corrected chi connectivity index (χ2v) is 5.30. The van der Waals surface area contributed by atoms with E-state index in [9.17, 15) is 10.2 Å². The van der Waals surface area contributed by atoms with Gasteiger partial charge in [-0.05, 0) is 6.42 Å². The van der Waals surface area contributed by atoms with E-state index in [0.717, 1.165) is 0 Å². The van der Waals surface area contributed by atoms with Crippen LogP contribution in [-0.2, 0) is 4.74 Å². The molecule has 8 heteroatoms. The van der Waals surface area contributed by atoms with Crippen molar-refractivity contribution < 1.29 is 14.9 Å². The van der Waals surface area contributed by atoms with Gasteiger partial charge >= 0.3 is 0 Å². The van der Waals surface area contributed by atoms with Crippen LogP contribution in [0.2, 0.25) is 0 Å². The van der Waals surface area contributed by atoms with E-state index >= 15 is 0 Å². The van der Waals surface area contributed by atoms with Crippen LogP contribution in [0.1, 0.15) is 19.6 Å². The summed E-state index contributed by atoms with van der Waals surface area (Å²) in [6, 6.07) is 0. The Morgan fingerprint density at radius 3 is 2.91 bits per heavy atom. The Morgan fingerprint density at radius 2 is 2.27 bits per heavy atom. The van der Waals surface area contributed by atoms with Crippen LogP contribution in [0, 0.1) is 18.3 Å². The van der Waals surface area contributed by atoms with Gasteiger partial charge in [0.2, 0.25) is 0 Å². The summed E-state index contributed by atoms with van der Waals surface area (Å²) in [5.41, 5.74) is 5.30. The minimum atomic E-state index is -1.43. The molecule has 3 rings (SSSR count). The van der Waals surface area contributed by atoms with Crippen LogP contribution < -0.4 is 5.73 Å². The van der Waals surface area contributed by atoms with Crippen molar-refractivity contribution in [3.63, 3.8) is 0 Å². The molecule has 4 N–H and O–H groups in total. The third-order valence-corrected chi connectivity index (χ3v) is 4.19. The third-order valence-electron chi connectivity index (χ3n) is 4.19. The highest BCUT2D eigenvalue weighted by molar-refractivity contribution is 5.81. The van der Waals surface area contributed by atoms with Crippen molar-refractivity contribution in [2.75, 3.05) is 12.3 Å². The fourth-order valence-corrected chi connectivity index (χ4v) is 2.91. The van der Waals surface area contributed by atoms with Gasteiger partial charge in [0.25, 0.3) is 0 Å². The Labute approximate surface area is 127 Å². The maximum absolute atomic E-state index is 10.5. The number of nitrogens with two attached hydrogens (primary N) is 1. The predicted molar refractivity (Wildman–Crippen MR) is 78.3 cm³/mol. The van der Waals surface area contributed by atoms with Crippen LogP contribution in [0.25, 0.3) is 11.2 Å². The zero-order chi connectivity index (χ0) is 15.9. The van der Waals surface area contributed by atoms with Crippen molar-refractivity contribution in [2.45, 2.75) is 31.3 Å². The van der Waals surface area contributed by atoms with Crippen LogP contribution in [-0.4, -0.2) is 48.0 Å². The van der Waals surface area contributed by atoms with Gasteiger partial charge in [-0.1, -0.05) is 12.8 Å². The van der Waals surface area contributed by atoms with Gasteiger partial charge in [0, 0.05) is 5.92 Å². The number of anilines is 1. The number of fused-ring (bicyclic) bond motifs is 1. The van der Waals surface area contributed by atoms with Crippen LogP contribution in [0.5, 0.6) is 0 Å². The number of terminal acetylenes is 1. The summed E-state index contributed by atoms with van der Waals surface area (Å²) in [6.45, 7) is 1.44. The molecule has 8 nitrogen and oxygen atoms in total. The van der Waals surface area contributed by atoms with E-state index in [4.69, 9.17) is 16.9 Å². The summed E-state index contributed by atoms with van der Waals surface area (Å²) in [7, 11) is 0. The van der Waals surface area contributed by atoms with E-state index in [-0.39, 0.29) is 11.7 Å². The van der Waals surface area contributed by atoms with Crippen LogP contribution >= 0.6 is 0 Å². The van der Waals surface area contributed by atoms with E-state index in [1.807, 2.05) is 6.92 Å². The Kier molecular flexibility index (Phi) is 3.48. The lowest BCUT2D eigenvalue weighted by molar-refractivity contribution is -0.0898. The van der Waals surface area contributed by atoms with Crippen molar-refractivity contribution in [3.8, 4) is 12.3 Å². The number of hydrogen-bond acceptors (Lipinski definition) is 7. The molecule has 0 spiro atoms. The van der Waals surface area contributed by atoms with Crippen molar-refractivity contribution in [3.05, 3.63) is 12.7 Å². The summed E-state index contributed by atoms with van der Waals surface area (Å²) in [5, 5.41) is 20.1. The molecule has 1 saturated heterocycles. The lowest BCUT2D eigenvalue weighted by Gasteiger charge is -2.24. The van der Waals surface area contributed by atoms with Crippen molar-refractivity contribution >= 4 is 17.0 Å². The van der Waals surface area contributed by atoms with Gasteiger partial charge in [-0.15, -0.1) is 6.42 Å².